The van der Waals surface area contributed by atoms with Crippen molar-refractivity contribution in [2.75, 3.05) is 6.54 Å². The van der Waals surface area contributed by atoms with Crippen molar-refractivity contribution in [2.24, 2.45) is 0 Å². The summed E-state index contributed by atoms with van der Waals surface area (Å²) in [7, 11) is 0. The number of hydroxylamine groups is 2. The molecule has 2 atom stereocenters. The highest BCUT2D eigenvalue weighted by atomic mass is 19.4. The molecular formula is C23H22F6N2O3. The van der Waals surface area contributed by atoms with Gasteiger partial charge in [-0.1, -0.05) is 60.7 Å². The van der Waals surface area contributed by atoms with Crippen molar-refractivity contribution in [3.05, 3.63) is 71.8 Å². The summed E-state index contributed by atoms with van der Waals surface area (Å²) in [5.74, 6) is -5.53. The van der Waals surface area contributed by atoms with E-state index in [0.29, 0.717) is 13.0 Å². The lowest BCUT2D eigenvalue weighted by molar-refractivity contribution is -0.262. The zero-order valence-electron chi connectivity index (χ0n) is 17.9. The number of carbonyl (C=O) groups excluding carboxylic acids is 2. The molecule has 0 aromatic heterocycles. The molecule has 0 bridgehead atoms. The van der Waals surface area contributed by atoms with E-state index in [-0.39, 0.29) is 19.4 Å². The van der Waals surface area contributed by atoms with E-state index in [4.69, 9.17) is 0 Å². The SMILES string of the molecule is O=C(ON(C(=O)C(F)(F)F)[C@@H]1CCN(Cc2ccccc2)[C@H](Cc2ccccc2)C1)C(F)(F)F. The molecule has 5 nitrogen and oxygen atoms in total. The summed E-state index contributed by atoms with van der Waals surface area (Å²) in [5.41, 5.74) is 1.82. The lowest BCUT2D eigenvalue weighted by Gasteiger charge is -2.42. The molecule has 0 aliphatic carbocycles. The number of benzene rings is 2. The number of amides is 1. The normalized spacial score (nSPS) is 19.5. The van der Waals surface area contributed by atoms with Gasteiger partial charge in [-0.15, -0.1) is 0 Å². The van der Waals surface area contributed by atoms with Crippen LogP contribution in [0.5, 0.6) is 0 Å². The van der Waals surface area contributed by atoms with Gasteiger partial charge in [0.05, 0.1) is 6.04 Å². The summed E-state index contributed by atoms with van der Waals surface area (Å²) in [6.45, 7) is 0.642. The first-order valence-corrected chi connectivity index (χ1v) is 10.5. The Labute approximate surface area is 191 Å². The Bertz CT molecular complexity index is 966. The number of nitrogens with zero attached hydrogens (tertiary/aromatic N) is 2. The van der Waals surface area contributed by atoms with Gasteiger partial charge in [-0.25, -0.2) is 4.79 Å². The van der Waals surface area contributed by atoms with E-state index < -0.39 is 41.4 Å². The van der Waals surface area contributed by atoms with E-state index >= 15 is 0 Å². The van der Waals surface area contributed by atoms with Crippen LogP contribution in [-0.4, -0.2) is 52.8 Å². The Kier molecular flexibility index (Phi) is 7.86. The van der Waals surface area contributed by atoms with Gasteiger partial charge in [0.1, 0.15) is 0 Å². The predicted octanol–water partition coefficient (Wildman–Crippen LogP) is 4.67. The highest BCUT2D eigenvalue weighted by Crippen LogP contribution is 2.31. The van der Waals surface area contributed by atoms with Crippen molar-refractivity contribution in [3.63, 3.8) is 0 Å². The van der Waals surface area contributed by atoms with Gasteiger partial charge in [-0.3, -0.25) is 9.69 Å². The van der Waals surface area contributed by atoms with Crippen molar-refractivity contribution in [3.8, 4) is 0 Å². The summed E-state index contributed by atoms with van der Waals surface area (Å²) < 4.78 is 77.5. The minimum Gasteiger partial charge on any atom is -0.329 e. The average molecular weight is 488 g/mol. The molecule has 0 N–H and O–H groups in total. The number of hydrogen-bond acceptors (Lipinski definition) is 4. The highest BCUT2D eigenvalue weighted by molar-refractivity contribution is 5.84. The third-order valence-corrected chi connectivity index (χ3v) is 5.54. The van der Waals surface area contributed by atoms with Crippen LogP contribution in [0.1, 0.15) is 24.0 Å². The smallest absolute Gasteiger partial charge is 0.329 e. The molecule has 184 valence electrons. The third-order valence-electron chi connectivity index (χ3n) is 5.54. The van der Waals surface area contributed by atoms with Crippen molar-refractivity contribution in [1.29, 1.82) is 0 Å². The lowest BCUT2D eigenvalue weighted by atomic mass is 9.91. The van der Waals surface area contributed by atoms with Crippen LogP contribution in [0.3, 0.4) is 0 Å². The molecule has 2 aromatic rings. The molecule has 1 amide bonds. The summed E-state index contributed by atoms with van der Waals surface area (Å²) in [6.07, 6.45) is -10.9. The summed E-state index contributed by atoms with van der Waals surface area (Å²) in [5, 5.41) is -0.437. The van der Waals surface area contributed by atoms with Crippen molar-refractivity contribution in [1.82, 2.24) is 9.96 Å². The molecule has 1 aliphatic rings. The Morgan fingerprint density at radius 1 is 0.882 bits per heavy atom. The first kappa shape index (κ1) is 25.5. The van der Waals surface area contributed by atoms with Crippen LogP contribution >= 0.6 is 0 Å². The maximum Gasteiger partial charge on any atom is 0.493 e. The van der Waals surface area contributed by atoms with Gasteiger partial charge in [0.15, 0.2) is 0 Å². The van der Waals surface area contributed by atoms with Gasteiger partial charge in [0.2, 0.25) is 0 Å². The Hall–Kier alpha value is -3.08. The molecule has 0 spiro atoms. The monoisotopic (exact) mass is 488 g/mol. The quantitative estimate of drug-likeness (QED) is 0.453. The largest absolute Gasteiger partial charge is 0.493 e. The lowest BCUT2D eigenvalue weighted by Crippen LogP contribution is -2.55. The fourth-order valence-electron chi connectivity index (χ4n) is 3.96. The Morgan fingerprint density at radius 3 is 1.97 bits per heavy atom. The molecule has 1 saturated heterocycles. The summed E-state index contributed by atoms with van der Waals surface area (Å²) in [6, 6.07) is 16.5. The summed E-state index contributed by atoms with van der Waals surface area (Å²) in [4.78, 5) is 29.2. The molecule has 0 radical (unpaired) electrons. The number of rotatable bonds is 5. The van der Waals surface area contributed by atoms with E-state index in [9.17, 15) is 35.9 Å². The Morgan fingerprint density at radius 2 is 1.44 bits per heavy atom. The van der Waals surface area contributed by atoms with Crippen molar-refractivity contribution >= 4 is 11.9 Å². The molecule has 1 fully saturated rings. The van der Waals surface area contributed by atoms with Gasteiger partial charge >= 0.3 is 24.2 Å². The fourth-order valence-corrected chi connectivity index (χ4v) is 3.96. The second-order valence-electron chi connectivity index (χ2n) is 7.98. The first-order chi connectivity index (χ1) is 15.9. The number of hydrogen-bond donors (Lipinski definition) is 0. The maximum atomic E-state index is 13.1. The van der Waals surface area contributed by atoms with E-state index in [2.05, 4.69) is 4.84 Å². The summed E-state index contributed by atoms with van der Waals surface area (Å²) >= 11 is 0. The maximum absolute atomic E-state index is 13.1. The average Bonchev–Trinajstić information content (AvgIpc) is 2.78. The molecule has 1 aliphatic heterocycles. The van der Waals surface area contributed by atoms with E-state index in [1.54, 1.807) is 18.2 Å². The van der Waals surface area contributed by atoms with Crippen LogP contribution in [0.4, 0.5) is 26.3 Å². The van der Waals surface area contributed by atoms with E-state index in [1.807, 2.05) is 47.4 Å². The van der Waals surface area contributed by atoms with Crippen LogP contribution in [0.2, 0.25) is 0 Å². The number of likely N-dealkylation sites (tertiary alicyclic amines) is 1. The third kappa shape index (κ3) is 6.72. The number of carbonyl (C=O) groups is 2. The first-order valence-electron chi connectivity index (χ1n) is 10.5. The molecule has 3 rings (SSSR count). The standard InChI is InChI=1S/C23H22F6N2O3/c24-22(25,26)20(32)31(34-21(33)23(27,28)29)18-11-12-30(15-17-9-5-2-6-10-17)19(14-18)13-16-7-3-1-4-8-16/h1-10,18-19H,11-15H2/t18-,19-/m1/s1. The van der Waals surface area contributed by atoms with Gasteiger partial charge in [-0.2, -0.15) is 31.4 Å². The molecule has 34 heavy (non-hydrogen) atoms. The fraction of sp³-hybridized carbons (Fsp3) is 0.391. The second-order valence-corrected chi connectivity index (χ2v) is 7.98. The highest BCUT2D eigenvalue weighted by Gasteiger charge is 2.51. The van der Waals surface area contributed by atoms with E-state index in [1.165, 1.54) is 0 Å². The zero-order chi connectivity index (χ0) is 24.9. The number of piperidine rings is 1. The molecular weight excluding hydrogens is 466 g/mol. The van der Waals surface area contributed by atoms with Crippen LogP contribution in [0, 0.1) is 0 Å². The van der Waals surface area contributed by atoms with Crippen molar-refractivity contribution < 1.29 is 40.8 Å². The molecule has 0 unspecified atom stereocenters. The van der Waals surface area contributed by atoms with Crippen LogP contribution in [-0.2, 0) is 27.4 Å². The zero-order valence-corrected chi connectivity index (χ0v) is 17.9. The van der Waals surface area contributed by atoms with Crippen LogP contribution in [0.15, 0.2) is 60.7 Å². The molecule has 1 heterocycles. The molecule has 2 aromatic carbocycles. The van der Waals surface area contributed by atoms with Gasteiger partial charge in [-0.05, 0) is 30.4 Å². The molecule has 11 heteroatoms. The Balaban J connectivity index is 1.86. The van der Waals surface area contributed by atoms with Gasteiger partial charge in [0.25, 0.3) is 0 Å². The van der Waals surface area contributed by atoms with E-state index in [0.717, 1.165) is 11.1 Å². The van der Waals surface area contributed by atoms with Crippen LogP contribution in [0.25, 0.3) is 0 Å². The second kappa shape index (κ2) is 10.5. The minimum absolute atomic E-state index is 0.106. The van der Waals surface area contributed by atoms with Gasteiger partial charge in [0, 0.05) is 19.1 Å². The topological polar surface area (TPSA) is 49.9 Å². The van der Waals surface area contributed by atoms with Crippen molar-refractivity contribution in [2.45, 2.75) is 50.2 Å². The van der Waals surface area contributed by atoms with Crippen LogP contribution < -0.4 is 0 Å². The minimum atomic E-state index is -5.55. The number of halogens is 6. The van der Waals surface area contributed by atoms with Gasteiger partial charge < -0.3 is 4.84 Å². The molecule has 0 saturated carbocycles. The number of alkyl halides is 6. The predicted molar refractivity (Wildman–Crippen MR) is 109 cm³/mol.